The second-order valence-corrected chi connectivity index (χ2v) is 5.77. The van der Waals surface area contributed by atoms with Gasteiger partial charge in [-0.15, -0.1) is 0 Å². The fraction of sp³-hybridized carbons (Fsp3) is 0.250. The van der Waals surface area contributed by atoms with Crippen molar-refractivity contribution in [3.8, 4) is 0 Å². The Morgan fingerprint density at radius 1 is 1.04 bits per heavy atom. The Kier molecular flexibility index (Phi) is 4.42. The van der Waals surface area contributed by atoms with Gasteiger partial charge in [-0.1, -0.05) is 67.6 Å². The molecule has 1 aliphatic heterocycles. The average molecular weight is 308 g/mol. The summed E-state index contributed by atoms with van der Waals surface area (Å²) in [7, 11) is 0. The van der Waals surface area contributed by atoms with Crippen LogP contribution in [0.15, 0.2) is 72.8 Å². The molecule has 118 valence electrons. The van der Waals surface area contributed by atoms with E-state index in [9.17, 15) is 9.90 Å². The number of aliphatic hydroxyl groups is 1. The highest BCUT2D eigenvalue weighted by atomic mass is 16.6. The maximum Gasteiger partial charge on any atom is 0.186 e. The standard InChI is InChI=1S/C20H20O3/c1-2-20(22)14-13-17(21)19(23-20)18(15-9-5-3-6-10-15)16-11-7-4-8-12-16/h3-14,18-19,22H,2H2,1H3/t19-,20-/m1/s1. The largest absolute Gasteiger partial charge is 0.362 e. The molecule has 1 heterocycles. The van der Waals surface area contributed by atoms with E-state index in [4.69, 9.17) is 4.74 Å². The van der Waals surface area contributed by atoms with Crippen LogP contribution in [0.4, 0.5) is 0 Å². The van der Waals surface area contributed by atoms with Crippen LogP contribution in [0.5, 0.6) is 0 Å². The number of hydrogen-bond acceptors (Lipinski definition) is 3. The van der Waals surface area contributed by atoms with Gasteiger partial charge in [0.25, 0.3) is 0 Å². The van der Waals surface area contributed by atoms with E-state index >= 15 is 0 Å². The third kappa shape index (κ3) is 3.26. The number of hydrogen-bond donors (Lipinski definition) is 1. The van der Waals surface area contributed by atoms with Crippen LogP contribution in [0.1, 0.15) is 30.4 Å². The smallest absolute Gasteiger partial charge is 0.186 e. The van der Waals surface area contributed by atoms with Crippen LogP contribution in [-0.2, 0) is 9.53 Å². The van der Waals surface area contributed by atoms with Gasteiger partial charge in [0.1, 0.15) is 6.10 Å². The Bertz CT molecular complexity index is 654. The van der Waals surface area contributed by atoms with Crippen LogP contribution in [0.25, 0.3) is 0 Å². The number of carbonyl (C=O) groups is 1. The highest BCUT2D eigenvalue weighted by Crippen LogP contribution is 2.35. The minimum Gasteiger partial charge on any atom is -0.362 e. The first kappa shape index (κ1) is 15.7. The molecule has 3 rings (SSSR count). The lowest BCUT2D eigenvalue weighted by atomic mass is 9.83. The Morgan fingerprint density at radius 2 is 1.57 bits per heavy atom. The molecule has 2 atom stereocenters. The van der Waals surface area contributed by atoms with E-state index < -0.39 is 11.9 Å². The molecule has 2 aromatic rings. The topological polar surface area (TPSA) is 46.5 Å². The summed E-state index contributed by atoms with van der Waals surface area (Å²) in [6.45, 7) is 1.83. The summed E-state index contributed by atoms with van der Waals surface area (Å²) in [5.41, 5.74) is 1.98. The maximum absolute atomic E-state index is 12.5. The zero-order chi connectivity index (χ0) is 16.3. The van der Waals surface area contributed by atoms with E-state index in [2.05, 4.69) is 0 Å². The van der Waals surface area contributed by atoms with Crippen molar-refractivity contribution in [2.24, 2.45) is 0 Å². The Morgan fingerprint density at radius 3 is 2.04 bits per heavy atom. The molecule has 3 heteroatoms. The lowest BCUT2D eigenvalue weighted by molar-refractivity contribution is -0.205. The fourth-order valence-corrected chi connectivity index (χ4v) is 2.92. The van der Waals surface area contributed by atoms with Gasteiger partial charge in [-0.2, -0.15) is 0 Å². The molecule has 0 aliphatic carbocycles. The minimum atomic E-state index is -1.39. The average Bonchev–Trinajstić information content (AvgIpc) is 2.60. The molecule has 1 aliphatic rings. The molecule has 0 bridgehead atoms. The van der Waals surface area contributed by atoms with Crippen molar-refractivity contribution in [1.29, 1.82) is 0 Å². The predicted octanol–water partition coefficient (Wildman–Crippen LogP) is 3.44. The molecular formula is C20H20O3. The van der Waals surface area contributed by atoms with Crippen molar-refractivity contribution in [3.05, 3.63) is 83.9 Å². The van der Waals surface area contributed by atoms with Crippen molar-refractivity contribution in [2.45, 2.75) is 31.2 Å². The highest BCUT2D eigenvalue weighted by Gasteiger charge is 2.39. The first-order valence-corrected chi connectivity index (χ1v) is 7.86. The van der Waals surface area contributed by atoms with Crippen molar-refractivity contribution in [2.75, 3.05) is 0 Å². The molecule has 0 radical (unpaired) electrons. The summed E-state index contributed by atoms with van der Waals surface area (Å²) in [5.74, 6) is -1.77. The van der Waals surface area contributed by atoms with Gasteiger partial charge in [0.15, 0.2) is 11.6 Å². The monoisotopic (exact) mass is 308 g/mol. The molecule has 0 fully saturated rings. The molecule has 0 amide bonds. The van der Waals surface area contributed by atoms with Crippen LogP contribution in [0.2, 0.25) is 0 Å². The summed E-state index contributed by atoms with van der Waals surface area (Å²) in [6, 6.07) is 19.6. The van der Waals surface area contributed by atoms with Crippen molar-refractivity contribution in [1.82, 2.24) is 0 Å². The number of carbonyl (C=O) groups excluding carboxylic acids is 1. The fourth-order valence-electron chi connectivity index (χ4n) is 2.92. The summed E-state index contributed by atoms with van der Waals surface area (Å²) < 4.78 is 5.83. The summed E-state index contributed by atoms with van der Waals surface area (Å²) in [4.78, 5) is 12.5. The molecule has 0 saturated heterocycles. The first-order valence-electron chi connectivity index (χ1n) is 7.86. The molecule has 2 aromatic carbocycles. The van der Waals surface area contributed by atoms with Crippen LogP contribution < -0.4 is 0 Å². The van der Waals surface area contributed by atoms with Crippen LogP contribution in [0, 0.1) is 0 Å². The summed E-state index contributed by atoms with van der Waals surface area (Å²) >= 11 is 0. The summed E-state index contributed by atoms with van der Waals surface area (Å²) in [5, 5.41) is 10.4. The Balaban J connectivity index is 2.06. The van der Waals surface area contributed by atoms with Gasteiger partial charge >= 0.3 is 0 Å². The van der Waals surface area contributed by atoms with E-state index in [-0.39, 0.29) is 11.7 Å². The van der Waals surface area contributed by atoms with E-state index in [0.717, 1.165) is 11.1 Å². The van der Waals surface area contributed by atoms with Gasteiger partial charge in [0.2, 0.25) is 0 Å². The lowest BCUT2D eigenvalue weighted by Gasteiger charge is -2.36. The number of benzene rings is 2. The third-order valence-corrected chi connectivity index (χ3v) is 4.25. The first-order chi connectivity index (χ1) is 11.1. The van der Waals surface area contributed by atoms with Crippen molar-refractivity contribution in [3.63, 3.8) is 0 Å². The van der Waals surface area contributed by atoms with E-state index in [1.165, 1.54) is 12.2 Å². The second kappa shape index (κ2) is 6.49. The third-order valence-electron chi connectivity index (χ3n) is 4.25. The van der Waals surface area contributed by atoms with E-state index in [1.807, 2.05) is 67.6 Å². The molecule has 0 aromatic heterocycles. The van der Waals surface area contributed by atoms with Crippen LogP contribution in [0.3, 0.4) is 0 Å². The predicted molar refractivity (Wildman–Crippen MR) is 89.0 cm³/mol. The summed E-state index contributed by atoms with van der Waals surface area (Å²) in [6.07, 6.45) is 2.54. The van der Waals surface area contributed by atoms with Crippen LogP contribution in [-0.4, -0.2) is 22.8 Å². The zero-order valence-electron chi connectivity index (χ0n) is 13.1. The van der Waals surface area contributed by atoms with Gasteiger partial charge in [0, 0.05) is 12.3 Å². The number of rotatable bonds is 4. The number of ketones is 1. The molecule has 3 nitrogen and oxygen atoms in total. The molecule has 1 N–H and O–H groups in total. The molecule has 0 saturated carbocycles. The van der Waals surface area contributed by atoms with Crippen molar-refractivity contribution < 1.29 is 14.6 Å². The highest BCUT2D eigenvalue weighted by molar-refractivity contribution is 5.95. The Labute approximate surface area is 136 Å². The quantitative estimate of drug-likeness (QED) is 0.941. The maximum atomic E-state index is 12.5. The SMILES string of the molecule is CC[C@]1(O)C=CC(=O)[C@H](C(c2ccccc2)c2ccccc2)O1. The van der Waals surface area contributed by atoms with Gasteiger partial charge in [-0.25, -0.2) is 0 Å². The van der Waals surface area contributed by atoms with E-state index in [0.29, 0.717) is 6.42 Å². The molecule has 0 unspecified atom stereocenters. The van der Waals surface area contributed by atoms with Crippen molar-refractivity contribution >= 4 is 5.78 Å². The zero-order valence-corrected chi connectivity index (χ0v) is 13.1. The minimum absolute atomic E-state index is 0.124. The normalized spacial score (nSPS) is 24.1. The van der Waals surface area contributed by atoms with Gasteiger partial charge in [0.05, 0.1) is 0 Å². The van der Waals surface area contributed by atoms with Gasteiger partial charge in [-0.3, -0.25) is 4.79 Å². The molecule has 23 heavy (non-hydrogen) atoms. The van der Waals surface area contributed by atoms with E-state index in [1.54, 1.807) is 0 Å². The number of ether oxygens (including phenoxy) is 1. The Hall–Kier alpha value is -2.23. The van der Waals surface area contributed by atoms with Gasteiger partial charge in [-0.05, 0) is 23.3 Å². The van der Waals surface area contributed by atoms with Gasteiger partial charge < -0.3 is 9.84 Å². The lowest BCUT2D eigenvalue weighted by Crippen LogP contribution is -2.44. The molecule has 0 spiro atoms. The molecular weight excluding hydrogens is 288 g/mol. The second-order valence-electron chi connectivity index (χ2n) is 5.77. The van der Waals surface area contributed by atoms with Crippen LogP contribution >= 0.6 is 0 Å².